The Hall–Kier alpha value is -6.20. The molecule has 0 saturated carbocycles. The minimum atomic E-state index is -4.06. The Kier molecular flexibility index (Phi) is 13.2. The maximum atomic E-state index is 14.1. The Bertz CT molecular complexity index is 2690. The molecule has 5 atom stereocenters. The number of hydrogen-bond donors (Lipinski definition) is 4. The zero-order valence-corrected chi connectivity index (χ0v) is 35.2. The smallest absolute Gasteiger partial charge is 0.242 e. The molecule has 1 fully saturated rings. The molecule has 15 heteroatoms. The van der Waals surface area contributed by atoms with Gasteiger partial charge in [0.2, 0.25) is 21.1 Å². The summed E-state index contributed by atoms with van der Waals surface area (Å²) in [7, 11) is -4.06. The second kappa shape index (κ2) is 19.2. The molecule has 7 aromatic rings. The van der Waals surface area contributed by atoms with E-state index < -0.39 is 40.5 Å². The number of aliphatic hydroxyl groups excluding tert-OH is 1. The highest BCUT2D eigenvalue weighted by atomic mass is 32.2. The SMILES string of the molecule is Cc1ccc(S(=O)(=O)NC(Cc2ccccc2)C(=O)Nc2cccc(C3OC(CSc4nnnn4-c4ccc(O)cc4)C(c4ccccc4)C(c4ccc(CO)cc4)O3)c2)cc1. The Morgan fingerprint density at radius 2 is 1.48 bits per heavy atom. The van der Waals surface area contributed by atoms with E-state index >= 15 is 0 Å². The Balaban J connectivity index is 1.10. The summed E-state index contributed by atoms with van der Waals surface area (Å²) in [6.45, 7) is 1.77. The lowest BCUT2D eigenvalue weighted by Gasteiger charge is -2.43. The van der Waals surface area contributed by atoms with Crippen LogP contribution in [0.1, 0.15) is 51.7 Å². The zero-order chi connectivity index (χ0) is 43.1. The number of amides is 1. The van der Waals surface area contributed by atoms with E-state index in [9.17, 15) is 23.4 Å². The van der Waals surface area contributed by atoms with Crippen molar-refractivity contribution in [2.45, 2.75) is 60.5 Å². The summed E-state index contributed by atoms with van der Waals surface area (Å²) in [5.41, 5.74) is 6.03. The van der Waals surface area contributed by atoms with Gasteiger partial charge in [-0.25, -0.2) is 8.42 Å². The summed E-state index contributed by atoms with van der Waals surface area (Å²) in [5, 5.41) is 35.6. The van der Waals surface area contributed by atoms with Gasteiger partial charge in [-0.05, 0) is 94.6 Å². The van der Waals surface area contributed by atoms with Gasteiger partial charge in [0.05, 0.1) is 29.4 Å². The highest BCUT2D eigenvalue weighted by Gasteiger charge is 2.42. The number of phenolic OH excluding ortho intramolecular Hbond substituents is 1. The van der Waals surface area contributed by atoms with Crippen LogP contribution in [0.4, 0.5) is 5.69 Å². The van der Waals surface area contributed by atoms with E-state index in [0.717, 1.165) is 27.8 Å². The van der Waals surface area contributed by atoms with Crippen LogP contribution in [0.5, 0.6) is 5.75 Å². The Labute approximate surface area is 363 Å². The molecule has 6 aromatic carbocycles. The molecule has 13 nitrogen and oxygen atoms in total. The van der Waals surface area contributed by atoms with E-state index in [0.29, 0.717) is 27.8 Å². The molecule has 5 unspecified atom stereocenters. The number of carbonyl (C=O) groups is 1. The predicted molar refractivity (Wildman–Crippen MR) is 235 cm³/mol. The number of aromatic hydroxyl groups is 1. The lowest BCUT2D eigenvalue weighted by atomic mass is 9.84. The fourth-order valence-corrected chi connectivity index (χ4v) is 9.49. The van der Waals surface area contributed by atoms with E-state index in [1.165, 1.54) is 23.9 Å². The second-order valence-electron chi connectivity index (χ2n) is 14.9. The first-order valence-electron chi connectivity index (χ1n) is 19.9. The van der Waals surface area contributed by atoms with E-state index in [-0.39, 0.29) is 29.6 Å². The number of anilines is 1. The van der Waals surface area contributed by atoms with Crippen LogP contribution in [-0.2, 0) is 37.3 Å². The number of ether oxygens (including phenoxy) is 2. The minimum Gasteiger partial charge on any atom is -0.508 e. The van der Waals surface area contributed by atoms with Gasteiger partial charge in [-0.15, -0.1) is 5.10 Å². The van der Waals surface area contributed by atoms with E-state index in [2.05, 4.69) is 25.6 Å². The number of carbonyl (C=O) groups excluding carboxylic acids is 1. The molecule has 4 N–H and O–H groups in total. The zero-order valence-electron chi connectivity index (χ0n) is 33.6. The van der Waals surface area contributed by atoms with E-state index in [4.69, 9.17) is 9.47 Å². The normalized spacial score (nSPS) is 18.2. The van der Waals surface area contributed by atoms with Gasteiger partial charge in [0.25, 0.3) is 0 Å². The predicted octanol–water partition coefficient (Wildman–Crippen LogP) is 7.43. The van der Waals surface area contributed by atoms with Gasteiger partial charge in [0, 0.05) is 22.9 Å². The summed E-state index contributed by atoms with van der Waals surface area (Å²) in [6.07, 6.45) is -1.79. The number of thioether (sulfide) groups is 1. The molecule has 1 saturated heterocycles. The van der Waals surface area contributed by atoms with Crippen molar-refractivity contribution in [1.29, 1.82) is 0 Å². The minimum absolute atomic E-state index is 0.0569. The van der Waals surface area contributed by atoms with Gasteiger partial charge in [0.1, 0.15) is 11.8 Å². The van der Waals surface area contributed by atoms with Gasteiger partial charge < -0.3 is 25.0 Å². The number of phenols is 1. The number of hydrogen-bond acceptors (Lipinski definition) is 11. The highest BCUT2D eigenvalue weighted by Crippen LogP contribution is 2.48. The van der Waals surface area contributed by atoms with Crippen molar-refractivity contribution in [2.24, 2.45) is 0 Å². The van der Waals surface area contributed by atoms with E-state index in [1.54, 1.807) is 59.3 Å². The third kappa shape index (κ3) is 10.1. The number of benzene rings is 6. The molecule has 8 rings (SSSR count). The molecule has 1 aliphatic rings. The summed E-state index contributed by atoms with van der Waals surface area (Å²) >= 11 is 1.41. The van der Waals surface area contributed by atoms with Crippen LogP contribution in [0.15, 0.2) is 168 Å². The Morgan fingerprint density at radius 1 is 0.790 bits per heavy atom. The van der Waals surface area contributed by atoms with Gasteiger partial charge in [-0.1, -0.05) is 127 Å². The van der Waals surface area contributed by atoms with Crippen molar-refractivity contribution in [1.82, 2.24) is 24.9 Å². The Morgan fingerprint density at radius 3 is 2.19 bits per heavy atom. The van der Waals surface area contributed by atoms with Crippen LogP contribution in [0.25, 0.3) is 5.69 Å². The fourth-order valence-electron chi connectivity index (χ4n) is 7.34. The second-order valence-corrected chi connectivity index (χ2v) is 17.6. The topological polar surface area (TPSA) is 178 Å². The molecule has 0 spiro atoms. The van der Waals surface area contributed by atoms with Gasteiger partial charge >= 0.3 is 0 Å². The summed E-state index contributed by atoms with van der Waals surface area (Å²) < 4.78 is 45.2. The number of aliphatic hydroxyl groups is 1. The summed E-state index contributed by atoms with van der Waals surface area (Å²) in [6, 6.07) is 45.9. The van der Waals surface area contributed by atoms with Crippen LogP contribution in [-0.4, -0.2) is 62.6 Å². The number of sulfonamides is 1. The number of aryl methyl sites for hydroxylation is 1. The molecular formula is C47H44N6O7S2. The molecule has 0 radical (unpaired) electrons. The quantitative estimate of drug-likeness (QED) is 0.0754. The summed E-state index contributed by atoms with van der Waals surface area (Å²) in [5.74, 6) is -0.318. The molecule has 1 aliphatic heterocycles. The highest BCUT2D eigenvalue weighted by molar-refractivity contribution is 7.99. The summed E-state index contributed by atoms with van der Waals surface area (Å²) in [4.78, 5) is 14.2. The van der Waals surface area contributed by atoms with Crippen molar-refractivity contribution in [3.8, 4) is 11.4 Å². The molecule has 1 aromatic heterocycles. The number of aromatic nitrogens is 4. The molecule has 62 heavy (non-hydrogen) atoms. The molecule has 2 heterocycles. The van der Waals surface area contributed by atoms with Crippen molar-refractivity contribution >= 4 is 33.4 Å². The van der Waals surface area contributed by atoms with Crippen LogP contribution >= 0.6 is 11.8 Å². The van der Waals surface area contributed by atoms with Crippen molar-refractivity contribution in [2.75, 3.05) is 11.1 Å². The molecule has 316 valence electrons. The maximum Gasteiger partial charge on any atom is 0.242 e. The third-order valence-electron chi connectivity index (χ3n) is 10.5. The van der Waals surface area contributed by atoms with Crippen LogP contribution < -0.4 is 10.0 Å². The maximum absolute atomic E-state index is 14.1. The average Bonchev–Trinajstić information content (AvgIpc) is 3.77. The van der Waals surface area contributed by atoms with Crippen LogP contribution in [0.3, 0.4) is 0 Å². The largest absolute Gasteiger partial charge is 0.508 e. The van der Waals surface area contributed by atoms with Crippen molar-refractivity contribution in [3.05, 3.63) is 191 Å². The monoisotopic (exact) mass is 868 g/mol. The fraction of sp³-hybridized carbons (Fsp3) is 0.191. The van der Waals surface area contributed by atoms with Crippen LogP contribution in [0.2, 0.25) is 0 Å². The number of nitrogens with one attached hydrogen (secondary N) is 2. The van der Waals surface area contributed by atoms with Crippen molar-refractivity contribution < 1.29 is 32.9 Å². The first-order valence-corrected chi connectivity index (χ1v) is 22.4. The third-order valence-corrected chi connectivity index (χ3v) is 13.0. The standard InChI is InChI=1S/C47H44N6O7S2/c1-31-15-25-40(26-16-31)62(57,58)50-41(27-32-9-4-2-5-10-32)45(56)48-37-14-8-13-36(28-37)46-59-42(30-61-47-49-51-52-53(47)38-21-23-39(55)24-22-38)43(34-11-6-3-7-12-34)44(60-46)35-19-17-33(29-54)18-20-35/h2-26,28,41-44,46,50,54-55H,27,29-30H2,1H3,(H,48,56). The van der Waals surface area contributed by atoms with Gasteiger partial charge in [0.15, 0.2) is 6.29 Å². The first-order chi connectivity index (χ1) is 30.1. The lowest BCUT2D eigenvalue weighted by Crippen LogP contribution is -2.45. The van der Waals surface area contributed by atoms with E-state index in [1.807, 2.05) is 97.9 Å². The van der Waals surface area contributed by atoms with Crippen LogP contribution in [0, 0.1) is 6.92 Å². The molecular weight excluding hydrogens is 825 g/mol. The van der Waals surface area contributed by atoms with Crippen molar-refractivity contribution in [3.63, 3.8) is 0 Å². The average molecular weight is 869 g/mol. The van der Waals surface area contributed by atoms with Gasteiger partial charge in [-0.3, -0.25) is 4.79 Å². The number of rotatable bonds is 15. The molecule has 0 bridgehead atoms. The number of tetrazole rings is 1. The first kappa shape index (κ1) is 42.5. The number of nitrogens with zero attached hydrogens (tertiary/aromatic N) is 4. The van der Waals surface area contributed by atoms with Gasteiger partial charge in [-0.2, -0.15) is 9.40 Å². The molecule has 1 amide bonds. The lowest BCUT2D eigenvalue weighted by molar-refractivity contribution is -0.255. The molecule has 0 aliphatic carbocycles.